The van der Waals surface area contributed by atoms with Gasteiger partial charge in [0, 0.05) is 11.1 Å². The van der Waals surface area contributed by atoms with E-state index in [0.29, 0.717) is 11.0 Å². The van der Waals surface area contributed by atoms with Crippen LogP contribution >= 0.6 is 0 Å². The molecule has 0 unspecified atom stereocenters. The molecule has 1 aliphatic rings. The van der Waals surface area contributed by atoms with Crippen molar-refractivity contribution in [3.8, 4) is 0 Å². The summed E-state index contributed by atoms with van der Waals surface area (Å²) in [5.41, 5.74) is 1.08. The van der Waals surface area contributed by atoms with E-state index in [1.54, 1.807) is 6.92 Å². The van der Waals surface area contributed by atoms with Crippen LogP contribution < -0.4 is 10.5 Å². The normalized spacial score (nSPS) is 12.4. The van der Waals surface area contributed by atoms with Crippen molar-refractivity contribution in [2.24, 2.45) is 11.3 Å². The molecule has 3 aromatic rings. The second-order valence-corrected chi connectivity index (χ2v) is 9.55. The molecule has 4 rings (SSSR count). The molecule has 0 bridgehead atoms. The van der Waals surface area contributed by atoms with Gasteiger partial charge in [-0.1, -0.05) is 48.5 Å². The largest absolute Gasteiger partial charge is 0.320 e. The molecule has 2 N–H and O–H groups in total. The van der Waals surface area contributed by atoms with Gasteiger partial charge in [-0.3, -0.25) is 15.4 Å². The first-order valence-corrected chi connectivity index (χ1v) is 13.0. The molecule has 0 amide bonds. The van der Waals surface area contributed by atoms with Crippen LogP contribution in [0.1, 0.15) is 66.9 Å². The van der Waals surface area contributed by atoms with Gasteiger partial charge in [-0.05, 0) is 73.1 Å². The smallest absolute Gasteiger partial charge is 0.256 e. The Morgan fingerprint density at radius 2 is 1.63 bits per heavy atom. The molecule has 1 saturated carbocycles. The molecule has 0 saturated heterocycles. The Hall–Kier alpha value is -3.23. The summed E-state index contributed by atoms with van der Waals surface area (Å²) in [5.74, 6) is -0.311. The average molecular weight is 536 g/mol. The molecule has 0 spiro atoms. The second-order valence-electron chi connectivity index (χ2n) is 9.55. The summed E-state index contributed by atoms with van der Waals surface area (Å²) in [7, 11) is 0. The van der Waals surface area contributed by atoms with Crippen LogP contribution in [0.25, 0.3) is 10.9 Å². The summed E-state index contributed by atoms with van der Waals surface area (Å²) < 4.78 is 55.3. The first kappa shape index (κ1) is 32.8. The highest BCUT2D eigenvalue weighted by Gasteiger charge is 2.33. The topological polar surface area (TPSA) is 68.8 Å². The monoisotopic (exact) mass is 535 g/mol. The van der Waals surface area contributed by atoms with Crippen molar-refractivity contribution in [3.63, 3.8) is 0 Å². The van der Waals surface area contributed by atoms with Crippen molar-refractivity contribution in [3.05, 3.63) is 59.2 Å². The van der Waals surface area contributed by atoms with Crippen LogP contribution in [0.2, 0.25) is 0 Å². The van der Waals surface area contributed by atoms with Crippen LogP contribution in [0.3, 0.4) is 0 Å². The van der Waals surface area contributed by atoms with E-state index in [0.717, 1.165) is 39.9 Å². The number of alkyl halides is 2. The summed E-state index contributed by atoms with van der Waals surface area (Å²) in [5, 5.41) is 15.5. The molecule has 0 aliphatic heterocycles. The van der Waals surface area contributed by atoms with Crippen LogP contribution in [0, 0.1) is 40.7 Å². The Morgan fingerprint density at radius 3 is 2.08 bits per heavy atom. The third kappa shape index (κ3) is 8.96. The van der Waals surface area contributed by atoms with Crippen molar-refractivity contribution >= 4 is 28.7 Å². The minimum Gasteiger partial charge on any atom is -0.320 e. The lowest BCUT2D eigenvalue weighted by atomic mass is 9.91. The number of hydrogen-bond donors (Lipinski definition) is 2. The number of nitrogens with zero attached hydrogens (tertiary/aromatic N) is 3. The second kappa shape index (κ2) is 14.6. The Labute approximate surface area is 223 Å². The maximum absolute atomic E-state index is 13.9. The summed E-state index contributed by atoms with van der Waals surface area (Å²) in [6.07, 6.45) is 0.985. The van der Waals surface area contributed by atoms with Gasteiger partial charge in [-0.25, -0.2) is 17.6 Å². The molecule has 1 fully saturated rings. The maximum Gasteiger partial charge on any atom is 0.256 e. The number of fused-ring (bicyclic) bond motifs is 1. The van der Waals surface area contributed by atoms with Crippen LogP contribution in [-0.4, -0.2) is 28.9 Å². The zero-order chi connectivity index (χ0) is 29.2. The van der Waals surface area contributed by atoms with E-state index >= 15 is 0 Å². The molecule has 1 heterocycles. The Kier molecular flexibility index (Phi) is 12.6. The SMILES string of the molecule is CC.CC.CC(C)(C)C1CC1.Cc1cc(F)cc(N(CC(F)F)c2nc(=N)n(C=N)c3ccc(F)cc23)c1. The van der Waals surface area contributed by atoms with E-state index < -0.39 is 30.2 Å². The number of aryl methyl sites for hydroxylation is 1. The van der Waals surface area contributed by atoms with Gasteiger partial charge in [0.2, 0.25) is 5.62 Å². The van der Waals surface area contributed by atoms with Gasteiger partial charge in [0.05, 0.1) is 18.4 Å². The summed E-state index contributed by atoms with van der Waals surface area (Å²) in [6.45, 7) is 15.8. The fraction of sp³-hybridized carbons (Fsp3) is 0.483. The average Bonchev–Trinajstić information content (AvgIpc) is 3.71. The van der Waals surface area contributed by atoms with E-state index in [9.17, 15) is 17.6 Å². The number of anilines is 2. The zero-order valence-electron chi connectivity index (χ0n) is 23.7. The fourth-order valence-corrected chi connectivity index (χ4v) is 3.84. The van der Waals surface area contributed by atoms with E-state index in [4.69, 9.17) is 10.8 Å². The Morgan fingerprint density at radius 1 is 1.03 bits per heavy atom. The molecule has 1 aliphatic carbocycles. The molecular weight excluding hydrogens is 494 g/mol. The predicted octanol–water partition coefficient (Wildman–Crippen LogP) is 8.46. The van der Waals surface area contributed by atoms with Gasteiger partial charge >= 0.3 is 0 Å². The maximum atomic E-state index is 13.9. The minimum absolute atomic E-state index is 0.109. The van der Waals surface area contributed by atoms with Gasteiger partial charge in [0.25, 0.3) is 6.43 Å². The Balaban J connectivity index is 0.000000554. The molecule has 38 heavy (non-hydrogen) atoms. The number of benzene rings is 2. The highest BCUT2D eigenvalue weighted by molar-refractivity contribution is 5.94. The molecule has 9 heteroatoms. The molecular formula is C29H41F4N5. The van der Waals surface area contributed by atoms with Crippen molar-refractivity contribution in [1.82, 2.24) is 9.55 Å². The molecule has 0 atom stereocenters. The van der Waals surface area contributed by atoms with Gasteiger partial charge in [-0.2, -0.15) is 4.98 Å². The minimum atomic E-state index is -2.79. The third-order valence-electron chi connectivity index (χ3n) is 5.75. The van der Waals surface area contributed by atoms with E-state index in [-0.39, 0.29) is 22.4 Å². The lowest BCUT2D eigenvalue weighted by molar-refractivity contribution is 0.157. The number of rotatable bonds is 5. The predicted molar refractivity (Wildman–Crippen MR) is 149 cm³/mol. The zero-order valence-corrected chi connectivity index (χ0v) is 23.7. The summed E-state index contributed by atoms with van der Waals surface area (Å²) in [6, 6.07) is 7.37. The fourth-order valence-electron chi connectivity index (χ4n) is 3.84. The molecule has 210 valence electrons. The van der Waals surface area contributed by atoms with Crippen molar-refractivity contribution < 1.29 is 17.6 Å². The van der Waals surface area contributed by atoms with E-state index in [2.05, 4.69) is 25.8 Å². The quantitative estimate of drug-likeness (QED) is 0.195. The number of nitrogens with one attached hydrogen (secondary N) is 2. The third-order valence-corrected chi connectivity index (χ3v) is 5.75. The van der Waals surface area contributed by atoms with Crippen LogP contribution in [-0.2, 0) is 0 Å². The first-order valence-electron chi connectivity index (χ1n) is 13.0. The lowest BCUT2D eigenvalue weighted by Crippen LogP contribution is -2.30. The van der Waals surface area contributed by atoms with Crippen molar-refractivity contribution in [2.75, 3.05) is 11.4 Å². The highest BCUT2D eigenvalue weighted by atomic mass is 19.3. The Bertz CT molecular complexity index is 1220. The van der Waals surface area contributed by atoms with E-state index in [1.165, 1.54) is 31.0 Å². The van der Waals surface area contributed by atoms with Crippen LogP contribution in [0.15, 0.2) is 36.4 Å². The van der Waals surface area contributed by atoms with Gasteiger partial charge in [-0.15, -0.1) is 0 Å². The number of hydrogen-bond acceptors (Lipinski definition) is 4. The molecule has 5 nitrogen and oxygen atoms in total. The van der Waals surface area contributed by atoms with Gasteiger partial charge in [0.1, 0.15) is 17.5 Å². The first-order chi connectivity index (χ1) is 17.9. The summed E-state index contributed by atoms with van der Waals surface area (Å²) >= 11 is 0. The molecule has 0 radical (unpaired) electrons. The van der Waals surface area contributed by atoms with Gasteiger partial charge < -0.3 is 4.90 Å². The van der Waals surface area contributed by atoms with E-state index in [1.807, 2.05) is 27.7 Å². The number of aromatic nitrogens is 2. The highest BCUT2D eigenvalue weighted by Crippen LogP contribution is 2.44. The molecule has 1 aromatic heterocycles. The standard InChI is InChI=1S/C18H15F4N5.C7H14.2C2H6/c1-10-4-12(20)6-13(5-10)26(8-16(21)22)17-14-7-11(19)2-3-15(14)27(9-23)18(24)25-17;1-7(2,3)6-4-5-6;2*1-2/h2-7,9,16,23-24H,8H2,1H3;6H,4-5H2,1-3H3;2*1-2H3. The van der Waals surface area contributed by atoms with Crippen molar-refractivity contribution in [2.45, 2.75) is 74.7 Å². The van der Waals surface area contributed by atoms with Gasteiger partial charge in [0.15, 0.2) is 0 Å². The van der Waals surface area contributed by atoms with Crippen LogP contribution in [0.5, 0.6) is 0 Å². The lowest BCUT2D eigenvalue weighted by Gasteiger charge is -2.26. The summed E-state index contributed by atoms with van der Waals surface area (Å²) in [4.78, 5) is 5.03. The van der Waals surface area contributed by atoms with Crippen LogP contribution in [0.4, 0.5) is 29.1 Å². The molecule has 2 aromatic carbocycles. The number of halogens is 4. The van der Waals surface area contributed by atoms with Crippen molar-refractivity contribution in [1.29, 1.82) is 10.8 Å².